The van der Waals surface area contributed by atoms with Gasteiger partial charge in [0.25, 0.3) is 5.56 Å². The number of methoxy groups -OCH3 is 1. The van der Waals surface area contributed by atoms with Crippen molar-refractivity contribution in [2.24, 2.45) is 0 Å². The number of carbonyl (C=O) groups is 1. The molecular weight excluding hydrogens is 350 g/mol. The predicted octanol–water partition coefficient (Wildman–Crippen LogP) is 2.59. The summed E-state index contributed by atoms with van der Waals surface area (Å²) in [5.41, 5.74) is 0.647. The van der Waals surface area contributed by atoms with Gasteiger partial charge in [-0.2, -0.15) is 0 Å². The average Bonchev–Trinajstić information content (AvgIpc) is 2.65. The van der Waals surface area contributed by atoms with Crippen LogP contribution in [0.4, 0.5) is 0 Å². The third-order valence-corrected chi connectivity index (χ3v) is 5.45. The van der Waals surface area contributed by atoms with E-state index < -0.39 is 0 Å². The van der Waals surface area contributed by atoms with Crippen molar-refractivity contribution in [3.8, 4) is 5.75 Å². The first-order valence-corrected chi connectivity index (χ1v) is 9.66. The first-order chi connectivity index (χ1) is 12.5. The molecule has 1 aromatic heterocycles. The molecule has 0 spiro atoms. The van der Waals surface area contributed by atoms with Crippen molar-refractivity contribution in [1.29, 1.82) is 0 Å². The molecule has 2 heterocycles. The lowest BCUT2D eigenvalue weighted by atomic mass is 9.94. The number of benzene rings is 1. The average molecular weight is 373 g/mol. The summed E-state index contributed by atoms with van der Waals surface area (Å²) >= 11 is 1.51. The predicted molar refractivity (Wildman–Crippen MR) is 102 cm³/mol. The minimum Gasteiger partial charge on any atom is -0.497 e. The minimum atomic E-state index is -0.135. The Labute approximate surface area is 157 Å². The van der Waals surface area contributed by atoms with Gasteiger partial charge in [0.05, 0.1) is 18.6 Å². The number of likely N-dealkylation sites (tertiary alicyclic amines) is 1. The number of aryl methyl sites for hydroxylation is 1. The Bertz CT molecular complexity index is 837. The Morgan fingerprint density at radius 3 is 3.04 bits per heavy atom. The largest absolute Gasteiger partial charge is 0.497 e. The number of piperidine rings is 1. The van der Waals surface area contributed by atoms with Gasteiger partial charge in [-0.1, -0.05) is 6.07 Å². The lowest BCUT2D eigenvalue weighted by Crippen LogP contribution is -2.40. The number of H-pyrrole nitrogens is 1. The van der Waals surface area contributed by atoms with E-state index >= 15 is 0 Å². The van der Waals surface area contributed by atoms with E-state index in [1.54, 1.807) is 20.1 Å². The van der Waals surface area contributed by atoms with Gasteiger partial charge in [0.2, 0.25) is 5.91 Å². The molecule has 1 amide bonds. The Kier molecular flexibility index (Phi) is 5.98. The second-order valence-corrected chi connectivity index (χ2v) is 7.45. The second-order valence-electron chi connectivity index (χ2n) is 6.40. The van der Waals surface area contributed by atoms with E-state index in [0.29, 0.717) is 18.1 Å². The van der Waals surface area contributed by atoms with Gasteiger partial charge in [0, 0.05) is 30.0 Å². The van der Waals surface area contributed by atoms with Gasteiger partial charge in [-0.3, -0.25) is 9.59 Å². The molecule has 1 N–H and O–H groups in total. The van der Waals surface area contributed by atoms with Crippen LogP contribution in [0.25, 0.3) is 0 Å². The highest BCUT2D eigenvalue weighted by molar-refractivity contribution is 8.00. The molecule has 0 unspecified atom stereocenters. The van der Waals surface area contributed by atoms with Gasteiger partial charge in [-0.25, -0.2) is 4.98 Å². The number of hydrogen-bond donors (Lipinski definition) is 1. The van der Waals surface area contributed by atoms with E-state index in [9.17, 15) is 9.59 Å². The number of rotatable bonds is 5. The number of aromatic nitrogens is 2. The molecule has 138 valence electrons. The highest BCUT2D eigenvalue weighted by Gasteiger charge is 2.26. The Balaban J connectivity index is 1.61. The fourth-order valence-corrected chi connectivity index (χ4v) is 4.03. The van der Waals surface area contributed by atoms with Crippen LogP contribution in [0.2, 0.25) is 0 Å². The van der Waals surface area contributed by atoms with Crippen molar-refractivity contribution in [3.63, 3.8) is 0 Å². The molecule has 0 saturated carbocycles. The number of ether oxygens (including phenoxy) is 1. The quantitative estimate of drug-likeness (QED) is 0.816. The monoisotopic (exact) mass is 373 g/mol. The molecule has 1 aliphatic heterocycles. The smallest absolute Gasteiger partial charge is 0.251 e. The molecule has 26 heavy (non-hydrogen) atoms. The molecule has 0 aliphatic carbocycles. The van der Waals surface area contributed by atoms with Crippen molar-refractivity contribution >= 4 is 17.7 Å². The van der Waals surface area contributed by atoms with Gasteiger partial charge >= 0.3 is 0 Å². The summed E-state index contributed by atoms with van der Waals surface area (Å²) in [5.74, 6) is 2.03. The zero-order valence-corrected chi connectivity index (χ0v) is 15.8. The number of nitrogens with zero attached hydrogens (tertiary/aromatic N) is 2. The molecule has 3 rings (SSSR count). The normalized spacial score (nSPS) is 17.2. The van der Waals surface area contributed by atoms with E-state index in [4.69, 9.17) is 4.74 Å². The highest BCUT2D eigenvalue weighted by atomic mass is 32.2. The molecule has 7 heteroatoms. The molecule has 1 atom stereocenters. The van der Waals surface area contributed by atoms with Gasteiger partial charge in [0.1, 0.15) is 11.6 Å². The van der Waals surface area contributed by atoms with Crippen molar-refractivity contribution in [2.75, 3.05) is 26.0 Å². The first-order valence-electron chi connectivity index (χ1n) is 8.67. The summed E-state index contributed by atoms with van der Waals surface area (Å²) in [6.45, 7) is 3.16. The Hall–Kier alpha value is -2.28. The molecule has 1 fully saturated rings. The van der Waals surface area contributed by atoms with Crippen LogP contribution in [0.3, 0.4) is 0 Å². The summed E-state index contributed by atoms with van der Waals surface area (Å²) in [6, 6.07) is 9.26. The van der Waals surface area contributed by atoms with Crippen LogP contribution < -0.4 is 10.3 Å². The zero-order chi connectivity index (χ0) is 18.5. The number of carbonyl (C=O) groups excluding carboxylic acids is 1. The maximum Gasteiger partial charge on any atom is 0.251 e. The van der Waals surface area contributed by atoms with Crippen molar-refractivity contribution in [3.05, 3.63) is 52.2 Å². The van der Waals surface area contributed by atoms with Crippen molar-refractivity contribution in [1.82, 2.24) is 14.9 Å². The summed E-state index contributed by atoms with van der Waals surface area (Å²) in [6.07, 6.45) is 1.87. The summed E-state index contributed by atoms with van der Waals surface area (Å²) in [4.78, 5) is 34.3. The molecule has 1 aromatic carbocycles. The van der Waals surface area contributed by atoms with Gasteiger partial charge in [-0.05, 0) is 38.0 Å². The lowest BCUT2D eigenvalue weighted by Gasteiger charge is -2.32. The molecule has 6 nitrogen and oxygen atoms in total. The van der Waals surface area contributed by atoms with Gasteiger partial charge in [-0.15, -0.1) is 11.8 Å². The maximum absolute atomic E-state index is 12.6. The van der Waals surface area contributed by atoms with E-state index in [0.717, 1.165) is 35.7 Å². The topological polar surface area (TPSA) is 75.3 Å². The van der Waals surface area contributed by atoms with E-state index in [-0.39, 0.29) is 17.4 Å². The van der Waals surface area contributed by atoms with Crippen molar-refractivity contribution < 1.29 is 9.53 Å². The lowest BCUT2D eigenvalue weighted by molar-refractivity contribution is -0.129. The standard InChI is InChI=1S/C19H23N3O3S/c1-13-20-17(10-18(23)21-13)14-5-4-8-22(11-14)19(24)12-26-16-7-3-6-15(9-16)25-2/h3,6-7,9-10,14H,4-5,8,11-12H2,1-2H3,(H,20,21,23)/t14-/m0/s1. The SMILES string of the molecule is COc1cccc(SCC(=O)N2CCC[C@H](c3cc(=O)[nH]c(C)n3)C2)c1. The minimum absolute atomic E-state index is 0.115. The molecular formula is C19H23N3O3S. The fraction of sp³-hybridized carbons (Fsp3) is 0.421. The summed E-state index contributed by atoms with van der Waals surface area (Å²) in [5, 5.41) is 0. The third kappa shape index (κ3) is 4.66. The summed E-state index contributed by atoms with van der Waals surface area (Å²) < 4.78 is 5.22. The van der Waals surface area contributed by atoms with Crippen LogP contribution in [-0.4, -0.2) is 46.7 Å². The Morgan fingerprint density at radius 2 is 2.27 bits per heavy atom. The van der Waals surface area contributed by atoms with Crippen LogP contribution in [-0.2, 0) is 4.79 Å². The summed E-state index contributed by atoms with van der Waals surface area (Å²) in [7, 11) is 1.63. The molecule has 1 aliphatic rings. The fourth-order valence-electron chi connectivity index (χ4n) is 3.18. The maximum atomic E-state index is 12.6. The number of hydrogen-bond acceptors (Lipinski definition) is 5. The van der Waals surface area contributed by atoms with Crippen LogP contribution in [0, 0.1) is 6.92 Å². The third-order valence-electron chi connectivity index (χ3n) is 4.48. The van der Waals surface area contributed by atoms with Crippen LogP contribution >= 0.6 is 11.8 Å². The molecule has 2 aromatic rings. The van der Waals surface area contributed by atoms with E-state index in [1.165, 1.54) is 11.8 Å². The second kappa shape index (κ2) is 8.40. The van der Waals surface area contributed by atoms with Crippen molar-refractivity contribution in [2.45, 2.75) is 30.6 Å². The number of aromatic amines is 1. The highest BCUT2D eigenvalue weighted by Crippen LogP contribution is 2.27. The Morgan fingerprint density at radius 1 is 1.42 bits per heavy atom. The van der Waals surface area contributed by atoms with Gasteiger partial charge in [0.15, 0.2) is 0 Å². The van der Waals surface area contributed by atoms with E-state index in [1.807, 2.05) is 29.2 Å². The van der Waals surface area contributed by atoms with Crippen LogP contribution in [0.15, 0.2) is 40.0 Å². The number of nitrogens with one attached hydrogen (secondary N) is 1. The molecule has 0 radical (unpaired) electrons. The number of thioether (sulfide) groups is 1. The first kappa shape index (κ1) is 18.5. The number of amides is 1. The van der Waals surface area contributed by atoms with Crippen LogP contribution in [0.1, 0.15) is 30.3 Å². The van der Waals surface area contributed by atoms with E-state index in [2.05, 4.69) is 9.97 Å². The van der Waals surface area contributed by atoms with Crippen LogP contribution in [0.5, 0.6) is 5.75 Å². The molecule has 1 saturated heterocycles. The zero-order valence-electron chi connectivity index (χ0n) is 15.0. The van der Waals surface area contributed by atoms with Gasteiger partial charge < -0.3 is 14.6 Å². The molecule has 0 bridgehead atoms.